The number of benzene rings is 1. The van der Waals surface area contributed by atoms with Gasteiger partial charge in [0, 0.05) is 23.2 Å². The van der Waals surface area contributed by atoms with Crippen LogP contribution in [-0.4, -0.2) is 22.7 Å². The summed E-state index contributed by atoms with van der Waals surface area (Å²) in [7, 11) is 0. The number of nitrogens with one attached hydrogen (secondary N) is 1. The van der Waals surface area contributed by atoms with Gasteiger partial charge in [-0.15, -0.1) is 29.7 Å². The fourth-order valence-electron chi connectivity index (χ4n) is 2.12. The van der Waals surface area contributed by atoms with Crippen LogP contribution in [0.2, 0.25) is 0 Å². The predicted octanol–water partition coefficient (Wildman–Crippen LogP) is 4.86. The van der Waals surface area contributed by atoms with Gasteiger partial charge < -0.3 is 5.32 Å². The molecule has 0 radical (unpaired) electrons. The van der Waals surface area contributed by atoms with E-state index in [2.05, 4.69) is 55.4 Å². The monoisotopic (exact) mass is 360 g/mol. The number of carbonyl (C=O) groups excluding carboxylic acids is 1. The van der Waals surface area contributed by atoms with E-state index in [-0.39, 0.29) is 11.2 Å². The molecule has 3 nitrogen and oxygen atoms in total. The normalized spacial score (nSPS) is 12.2. The van der Waals surface area contributed by atoms with E-state index in [4.69, 9.17) is 4.98 Å². The second-order valence-corrected chi connectivity index (χ2v) is 8.09. The minimum absolute atomic E-state index is 0.0413. The Balaban J connectivity index is 1.93. The molecule has 1 heterocycles. The van der Waals surface area contributed by atoms with Gasteiger partial charge in [0.25, 0.3) is 0 Å². The number of thiazole rings is 1. The highest BCUT2D eigenvalue weighted by Gasteiger charge is 2.13. The Hall–Kier alpha value is -1.59. The van der Waals surface area contributed by atoms with Crippen molar-refractivity contribution in [2.45, 2.75) is 37.7 Å². The van der Waals surface area contributed by atoms with Gasteiger partial charge in [0.05, 0.1) is 10.9 Å². The molecule has 0 bridgehead atoms. The molecule has 1 N–H and O–H groups in total. The quantitative estimate of drug-likeness (QED) is 0.684. The number of rotatable bonds is 8. The molecule has 24 heavy (non-hydrogen) atoms. The average Bonchev–Trinajstić information content (AvgIpc) is 3.06. The third-order valence-corrected chi connectivity index (χ3v) is 5.76. The Morgan fingerprint density at radius 2 is 2.04 bits per heavy atom. The summed E-state index contributed by atoms with van der Waals surface area (Å²) in [5.41, 5.74) is 3.51. The second-order valence-electron chi connectivity index (χ2n) is 5.91. The summed E-state index contributed by atoms with van der Waals surface area (Å²) in [6.07, 6.45) is 1.69. The molecule has 2 rings (SSSR count). The van der Waals surface area contributed by atoms with E-state index >= 15 is 0 Å². The van der Waals surface area contributed by atoms with Crippen LogP contribution in [0.5, 0.6) is 0 Å². The molecule has 0 saturated heterocycles. The van der Waals surface area contributed by atoms with E-state index in [9.17, 15) is 4.79 Å². The lowest BCUT2D eigenvalue weighted by molar-refractivity contribution is -0.120. The Morgan fingerprint density at radius 1 is 1.33 bits per heavy atom. The zero-order valence-corrected chi connectivity index (χ0v) is 16.0. The first-order valence-electron chi connectivity index (χ1n) is 8.06. The Morgan fingerprint density at radius 3 is 2.67 bits per heavy atom. The SMILES string of the molecule is C=CCNC(=O)C(C)SCc1csc(-c2ccc(C(C)C)cc2)n1. The Kier molecular flexibility index (Phi) is 7.06. The number of thioether (sulfide) groups is 1. The van der Waals surface area contributed by atoms with Crippen molar-refractivity contribution >= 4 is 29.0 Å². The van der Waals surface area contributed by atoms with Crippen LogP contribution in [-0.2, 0) is 10.5 Å². The highest BCUT2D eigenvalue weighted by atomic mass is 32.2. The van der Waals surface area contributed by atoms with Gasteiger partial charge in [0.1, 0.15) is 5.01 Å². The molecule has 0 aliphatic heterocycles. The molecule has 1 aromatic heterocycles. The smallest absolute Gasteiger partial charge is 0.233 e. The maximum absolute atomic E-state index is 11.8. The summed E-state index contributed by atoms with van der Waals surface area (Å²) in [6.45, 7) is 10.4. The summed E-state index contributed by atoms with van der Waals surface area (Å²) in [4.78, 5) is 16.5. The number of nitrogens with zero attached hydrogens (tertiary/aromatic N) is 1. The van der Waals surface area contributed by atoms with Crippen LogP contribution in [0.1, 0.15) is 37.9 Å². The molecule has 1 atom stereocenters. The van der Waals surface area contributed by atoms with Crippen LogP contribution in [0.15, 0.2) is 42.3 Å². The van der Waals surface area contributed by atoms with Crippen LogP contribution in [0.25, 0.3) is 10.6 Å². The highest BCUT2D eigenvalue weighted by molar-refractivity contribution is 7.99. The van der Waals surface area contributed by atoms with E-state index in [1.54, 1.807) is 29.2 Å². The van der Waals surface area contributed by atoms with E-state index in [0.717, 1.165) is 22.0 Å². The van der Waals surface area contributed by atoms with Crippen molar-refractivity contribution in [3.8, 4) is 10.6 Å². The summed E-state index contributed by atoms with van der Waals surface area (Å²) >= 11 is 3.25. The van der Waals surface area contributed by atoms with Crippen LogP contribution in [0, 0.1) is 0 Å². The molecule has 1 aromatic carbocycles. The van der Waals surface area contributed by atoms with Gasteiger partial charge >= 0.3 is 0 Å². The van der Waals surface area contributed by atoms with Gasteiger partial charge in [-0.3, -0.25) is 4.79 Å². The fraction of sp³-hybridized carbons (Fsp3) is 0.368. The van der Waals surface area contributed by atoms with E-state index < -0.39 is 0 Å². The highest BCUT2D eigenvalue weighted by Crippen LogP contribution is 2.27. The largest absolute Gasteiger partial charge is 0.352 e. The third kappa shape index (κ3) is 5.21. The van der Waals surface area contributed by atoms with E-state index in [1.165, 1.54) is 5.56 Å². The van der Waals surface area contributed by atoms with Gasteiger partial charge in [-0.1, -0.05) is 44.2 Å². The van der Waals surface area contributed by atoms with Gasteiger partial charge in [0.2, 0.25) is 5.91 Å². The zero-order chi connectivity index (χ0) is 17.5. The molecule has 0 saturated carbocycles. The van der Waals surface area contributed by atoms with Crippen LogP contribution < -0.4 is 5.32 Å². The summed E-state index contributed by atoms with van der Waals surface area (Å²) < 4.78 is 0. The maximum Gasteiger partial charge on any atom is 0.233 e. The van der Waals surface area contributed by atoms with Crippen molar-refractivity contribution in [1.29, 1.82) is 0 Å². The van der Waals surface area contributed by atoms with E-state index in [1.807, 2.05) is 6.92 Å². The van der Waals surface area contributed by atoms with Crippen molar-refractivity contribution in [1.82, 2.24) is 10.3 Å². The lowest BCUT2D eigenvalue weighted by Crippen LogP contribution is -2.30. The standard InChI is InChI=1S/C19H24N2OS2/c1-5-10-20-18(22)14(4)23-11-17-12-24-19(21-17)16-8-6-15(7-9-16)13(2)3/h5-9,12-14H,1,10-11H2,2-4H3,(H,20,22). The molecule has 2 aromatic rings. The first kappa shape index (κ1) is 18.7. The number of amides is 1. The van der Waals surface area contributed by atoms with Crippen molar-refractivity contribution in [3.63, 3.8) is 0 Å². The van der Waals surface area contributed by atoms with Crippen LogP contribution >= 0.6 is 23.1 Å². The number of hydrogen-bond donors (Lipinski definition) is 1. The molecule has 0 fully saturated rings. The van der Waals surface area contributed by atoms with Crippen molar-refractivity contribution in [3.05, 3.63) is 53.6 Å². The van der Waals surface area contributed by atoms with E-state index in [0.29, 0.717) is 12.5 Å². The number of carbonyl (C=O) groups is 1. The summed E-state index contributed by atoms with van der Waals surface area (Å²) in [5, 5.41) is 5.83. The molecular weight excluding hydrogens is 336 g/mol. The molecule has 5 heteroatoms. The summed E-state index contributed by atoms with van der Waals surface area (Å²) in [5.74, 6) is 1.32. The molecule has 1 amide bonds. The van der Waals surface area contributed by atoms with Crippen LogP contribution in [0.4, 0.5) is 0 Å². The zero-order valence-electron chi connectivity index (χ0n) is 14.4. The average molecular weight is 361 g/mol. The predicted molar refractivity (Wildman–Crippen MR) is 106 cm³/mol. The molecule has 0 spiro atoms. The summed E-state index contributed by atoms with van der Waals surface area (Å²) in [6, 6.07) is 8.61. The number of hydrogen-bond acceptors (Lipinski definition) is 4. The Bertz CT molecular complexity index is 677. The molecule has 1 unspecified atom stereocenters. The van der Waals surface area contributed by atoms with Gasteiger partial charge in [-0.05, 0) is 18.4 Å². The minimum Gasteiger partial charge on any atom is -0.352 e. The molecular formula is C19H24N2OS2. The first-order chi connectivity index (χ1) is 11.5. The second kappa shape index (κ2) is 9.04. The van der Waals surface area contributed by atoms with Crippen molar-refractivity contribution in [2.75, 3.05) is 6.54 Å². The first-order valence-corrected chi connectivity index (χ1v) is 9.99. The molecule has 0 aliphatic carbocycles. The van der Waals surface area contributed by atoms with Crippen molar-refractivity contribution < 1.29 is 4.79 Å². The van der Waals surface area contributed by atoms with Gasteiger partial charge in [0.15, 0.2) is 0 Å². The van der Waals surface area contributed by atoms with Crippen molar-refractivity contribution in [2.24, 2.45) is 0 Å². The lowest BCUT2D eigenvalue weighted by atomic mass is 10.0. The molecule has 128 valence electrons. The number of aromatic nitrogens is 1. The maximum atomic E-state index is 11.8. The topological polar surface area (TPSA) is 42.0 Å². The van der Waals surface area contributed by atoms with Gasteiger partial charge in [-0.2, -0.15) is 0 Å². The van der Waals surface area contributed by atoms with Crippen LogP contribution in [0.3, 0.4) is 0 Å². The lowest BCUT2D eigenvalue weighted by Gasteiger charge is -2.09. The Labute approximate surface area is 152 Å². The molecule has 0 aliphatic rings. The van der Waals surface area contributed by atoms with Gasteiger partial charge in [-0.25, -0.2) is 4.98 Å². The minimum atomic E-state index is -0.0968. The fourth-order valence-corrected chi connectivity index (χ4v) is 3.85. The third-order valence-electron chi connectivity index (χ3n) is 3.65.